The summed E-state index contributed by atoms with van der Waals surface area (Å²) < 4.78 is 28.0. The van der Waals surface area contributed by atoms with Gasteiger partial charge >= 0.3 is 0 Å². The number of nitrogens with zero attached hydrogens (tertiary/aromatic N) is 4. The first-order valence-electron chi connectivity index (χ1n) is 9.51. The number of pyridine rings is 1. The second-order valence-electron chi connectivity index (χ2n) is 7.68. The zero-order valence-electron chi connectivity index (χ0n) is 16.1. The highest BCUT2D eigenvalue weighted by molar-refractivity contribution is 7.89. The molecule has 7 nitrogen and oxygen atoms in total. The Balaban J connectivity index is 1.70. The van der Waals surface area contributed by atoms with Gasteiger partial charge in [-0.15, -0.1) is 0 Å². The summed E-state index contributed by atoms with van der Waals surface area (Å²) in [4.78, 5) is 11.7. The van der Waals surface area contributed by atoms with E-state index in [0.29, 0.717) is 11.9 Å². The number of rotatable bonds is 5. The number of aromatic nitrogens is 1. The van der Waals surface area contributed by atoms with Gasteiger partial charge < -0.3 is 9.80 Å². The summed E-state index contributed by atoms with van der Waals surface area (Å²) in [6, 6.07) is 3.81. The second-order valence-corrected chi connectivity index (χ2v) is 9.36. The third-order valence-corrected chi connectivity index (χ3v) is 6.84. The van der Waals surface area contributed by atoms with E-state index in [1.807, 2.05) is 13.8 Å². The van der Waals surface area contributed by atoms with Crippen LogP contribution in [0.4, 0.5) is 5.82 Å². The van der Waals surface area contributed by atoms with Gasteiger partial charge in [0.25, 0.3) is 0 Å². The Bertz CT molecular complexity index is 701. The monoisotopic (exact) mass is 381 g/mol. The Kier molecular flexibility index (Phi) is 6.17. The van der Waals surface area contributed by atoms with Gasteiger partial charge in [-0.2, -0.15) is 0 Å². The standard InChI is InChI=1S/C18H31N5O2S/c1-15(2)20-26(24,25)17-7-4-8-19-18(17)23-12-10-22(11-13-23)16-6-5-9-21(3)14-16/h4,7-8,15-16,20H,5-6,9-14H2,1-3H3. The molecular weight excluding hydrogens is 350 g/mol. The van der Waals surface area contributed by atoms with Crippen LogP contribution >= 0.6 is 0 Å². The molecule has 3 rings (SSSR count). The van der Waals surface area contributed by atoms with Gasteiger partial charge in [0.15, 0.2) is 0 Å². The zero-order chi connectivity index (χ0) is 18.7. The van der Waals surface area contributed by atoms with E-state index >= 15 is 0 Å². The third-order valence-electron chi connectivity index (χ3n) is 5.16. The van der Waals surface area contributed by atoms with E-state index < -0.39 is 10.0 Å². The van der Waals surface area contributed by atoms with Crippen molar-refractivity contribution in [2.75, 3.05) is 51.2 Å². The molecule has 146 valence electrons. The van der Waals surface area contributed by atoms with Gasteiger partial charge in [-0.1, -0.05) is 0 Å². The first-order chi connectivity index (χ1) is 12.4. The van der Waals surface area contributed by atoms with E-state index in [1.54, 1.807) is 18.3 Å². The van der Waals surface area contributed by atoms with Crippen LogP contribution < -0.4 is 9.62 Å². The molecule has 0 radical (unpaired) electrons. The summed E-state index contributed by atoms with van der Waals surface area (Å²) in [5.74, 6) is 0.570. The number of likely N-dealkylation sites (tertiary alicyclic amines) is 1. The van der Waals surface area contributed by atoms with Gasteiger partial charge in [0.05, 0.1) is 0 Å². The molecule has 1 unspecified atom stereocenters. The molecule has 0 aliphatic carbocycles. The van der Waals surface area contributed by atoms with Crippen molar-refractivity contribution in [3.63, 3.8) is 0 Å². The fourth-order valence-corrected chi connectivity index (χ4v) is 5.37. The number of anilines is 1. The Hall–Kier alpha value is -1.22. The molecule has 1 aromatic heterocycles. The molecule has 1 atom stereocenters. The highest BCUT2D eigenvalue weighted by atomic mass is 32.2. The summed E-state index contributed by atoms with van der Waals surface area (Å²) in [5, 5.41) is 0. The van der Waals surface area contributed by atoms with Crippen molar-refractivity contribution >= 4 is 15.8 Å². The van der Waals surface area contributed by atoms with Crippen molar-refractivity contribution in [2.45, 2.75) is 43.7 Å². The minimum Gasteiger partial charge on any atom is -0.353 e. The molecule has 0 spiro atoms. The smallest absolute Gasteiger partial charge is 0.244 e. The number of nitrogens with one attached hydrogen (secondary N) is 1. The summed E-state index contributed by atoms with van der Waals surface area (Å²) in [6.07, 6.45) is 4.18. The average Bonchev–Trinajstić information content (AvgIpc) is 2.61. The van der Waals surface area contributed by atoms with Crippen molar-refractivity contribution in [1.82, 2.24) is 19.5 Å². The molecule has 3 heterocycles. The van der Waals surface area contributed by atoms with E-state index in [9.17, 15) is 8.42 Å². The highest BCUT2D eigenvalue weighted by Crippen LogP contribution is 2.25. The fraction of sp³-hybridized carbons (Fsp3) is 0.722. The summed E-state index contributed by atoms with van der Waals surface area (Å²) in [7, 11) is -1.37. The lowest BCUT2D eigenvalue weighted by molar-refractivity contribution is 0.106. The molecule has 0 saturated carbocycles. The quantitative estimate of drug-likeness (QED) is 0.820. The van der Waals surface area contributed by atoms with Crippen LogP contribution in [-0.2, 0) is 10.0 Å². The number of hydrogen-bond acceptors (Lipinski definition) is 6. The maximum Gasteiger partial charge on any atom is 0.244 e. The van der Waals surface area contributed by atoms with E-state index in [1.165, 1.54) is 19.4 Å². The fourth-order valence-electron chi connectivity index (χ4n) is 3.94. The number of likely N-dealkylation sites (N-methyl/N-ethyl adjacent to an activating group) is 1. The number of sulfonamides is 1. The Labute approximate surface area is 157 Å². The molecule has 2 aliphatic heterocycles. The van der Waals surface area contributed by atoms with Crippen LogP contribution in [0, 0.1) is 0 Å². The molecular formula is C18H31N5O2S. The zero-order valence-corrected chi connectivity index (χ0v) is 16.9. The number of piperidine rings is 1. The minimum absolute atomic E-state index is 0.145. The molecule has 26 heavy (non-hydrogen) atoms. The SMILES string of the molecule is CC(C)NS(=O)(=O)c1cccnc1N1CCN(C2CCCN(C)C2)CC1. The molecule has 2 saturated heterocycles. The van der Waals surface area contributed by atoms with Crippen LogP contribution in [0.25, 0.3) is 0 Å². The third kappa shape index (κ3) is 4.54. The van der Waals surface area contributed by atoms with Gasteiger partial charge in [-0.05, 0) is 52.4 Å². The van der Waals surface area contributed by atoms with Gasteiger partial charge in [0.2, 0.25) is 10.0 Å². The van der Waals surface area contributed by atoms with Crippen molar-refractivity contribution in [2.24, 2.45) is 0 Å². The molecule has 0 bridgehead atoms. The van der Waals surface area contributed by atoms with Crippen LogP contribution in [0.15, 0.2) is 23.2 Å². The van der Waals surface area contributed by atoms with E-state index in [-0.39, 0.29) is 10.9 Å². The van der Waals surface area contributed by atoms with E-state index in [0.717, 1.165) is 32.7 Å². The van der Waals surface area contributed by atoms with Crippen LogP contribution in [0.1, 0.15) is 26.7 Å². The average molecular weight is 382 g/mol. The first-order valence-corrected chi connectivity index (χ1v) is 11.0. The van der Waals surface area contributed by atoms with Crippen molar-refractivity contribution in [3.05, 3.63) is 18.3 Å². The second kappa shape index (κ2) is 8.21. The Morgan fingerprint density at radius 1 is 1.19 bits per heavy atom. The molecule has 0 aromatic carbocycles. The lowest BCUT2D eigenvalue weighted by Crippen LogP contribution is -2.54. The summed E-state index contributed by atoms with van der Waals surface area (Å²) >= 11 is 0. The van der Waals surface area contributed by atoms with Crippen LogP contribution in [0.2, 0.25) is 0 Å². The Morgan fingerprint density at radius 2 is 1.92 bits per heavy atom. The number of hydrogen-bond donors (Lipinski definition) is 1. The van der Waals surface area contributed by atoms with Crippen LogP contribution in [0.5, 0.6) is 0 Å². The van der Waals surface area contributed by atoms with Crippen molar-refractivity contribution in [1.29, 1.82) is 0 Å². The molecule has 0 amide bonds. The maximum absolute atomic E-state index is 12.7. The summed E-state index contributed by atoms with van der Waals surface area (Å²) in [5.41, 5.74) is 0. The predicted molar refractivity (Wildman–Crippen MR) is 104 cm³/mol. The highest BCUT2D eigenvalue weighted by Gasteiger charge is 2.30. The predicted octanol–water partition coefficient (Wildman–Crippen LogP) is 0.985. The van der Waals surface area contributed by atoms with Gasteiger partial charge in [0, 0.05) is 51.0 Å². The molecule has 2 aliphatic rings. The first kappa shape index (κ1) is 19.5. The normalized spacial score (nSPS) is 23.5. The molecule has 2 fully saturated rings. The van der Waals surface area contributed by atoms with Gasteiger partial charge in [0.1, 0.15) is 10.7 Å². The van der Waals surface area contributed by atoms with Crippen molar-refractivity contribution < 1.29 is 8.42 Å². The van der Waals surface area contributed by atoms with Crippen LogP contribution in [0.3, 0.4) is 0 Å². The lowest BCUT2D eigenvalue weighted by Gasteiger charge is -2.43. The van der Waals surface area contributed by atoms with Crippen LogP contribution in [-0.4, -0.2) is 81.6 Å². The maximum atomic E-state index is 12.7. The Morgan fingerprint density at radius 3 is 2.58 bits per heavy atom. The minimum atomic E-state index is -3.56. The number of piperazine rings is 1. The molecule has 1 aromatic rings. The van der Waals surface area contributed by atoms with E-state index in [2.05, 4.69) is 31.5 Å². The molecule has 1 N–H and O–H groups in total. The summed E-state index contributed by atoms with van der Waals surface area (Å²) in [6.45, 7) is 9.48. The van der Waals surface area contributed by atoms with Gasteiger partial charge in [-0.25, -0.2) is 18.1 Å². The molecule has 8 heteroatoms. The van der Waals surface area contributed by atoms with Gasteiger partial charge in [-0.3, -0.25) is 4.90 Å². The van der Waals surface area contributed by atoms with E-state index in [4.69, 9.17) is 0 Å². The van der Waals surface area contributed by atoms with Crippen molar-refractivity contribution in [3.8, 4) is 0 Å². The largest absolute Gasteiger partial charge is 0.353 e. The topological polar surface area (TPSA) is 68.8 Å². The lowest BCUT2D eigenvalue weighted by atomic mass is 10.0.